The van der Waals surface area contributed by atoms with Crippen molar-refractivity contribution in [2.75, 3.05) is 0 Å². The minimum Gasteiger partial charge on any atom is -0.261 e. The number of nitrogens with zero attached hydrogens (tertiary/aromatic N) is 1. The molecule has 1 heterocycles. The lowest BCUT2D eigenvalue weighted by molar-refractivity contribution is -0.196. The number of aromatic nitrogens is 1. The molecule has 0 spiro atoms. The fourth-order valence-electron chi connectivity index (χ4n) is 3.13. The zero-order valence-corrected chi connectivity index (χ0v) is 12.2. The maximum absolute atomic E-state index is 13.1. The van der Waals surface area contributed by atoms with Gasteiger partial charge in [-0.05, 0) is 30.9 Å². The third-order valence-electron chi connectivity index (χ3n) is 4.28. The van der Waals surface area contributed by atoms with E-state index in [1.807, 2.05) is 19.1 Å². The molecule has 1 saturated carbocycles. The maximum atomic E-state index is 13.1. The largest absolute Gasteiger partial charge is 0.392 e. The molecule has 4 unspecified atom stereocenters. The Kier molecular flexibility index (Phi) is 4.95. The Hall–Kier alpha value is -0.770. The molecular formula is C15H19ClF3N. The van der Waals surface area contributed by atoms with Crippen molar-refractivity contribution in [3.63, 3.8) is 0 Å². The van der Waals surface area contributed by atoms with Crippen LogP contribution < -0.4 is 0 Å². The SMILES string of the molecule is CC(c1ccccn1)C(Cl)C1CCCCC1C(F)(F)F. The van der Waals surface area contributed by atoms with Gasteiger partial charge in [0, 0.05) is 23.2 Å². The molecule has 0 aliphatic heterocycles. The normalized spacial score (nSPS) is 27.1. The Morgan fingerprint density at radius 2 is 1.95 bits per heavy atom. The van der Waals surface area contributed by atoms with Crippen molar-refractivity contribution in [3.8, 4) is 0 Å². The first-order chi connectivity index (χ1) is 9.41. The molecule has 112 valence electrons. The van der Waals surface area contributed by atoms with Crippen LogP contribution in [0.25, 0.3) is 0 Å². The molecule has 0 aromatic carbocycles. The number of alkyl halides is 4. The van der Waals surface area contributed by atoms with Crippen LogP contribution in [-0.2, 0) is 0 Å². The van der Waals surface area contributed by atoms with Crippen molar-refractivity contribution in [2.24, 2.45) is 11.8 Å². The second-order valence-electron chi connectivity index (χ2n) is 5.58. The number of hydrogen-bond donors (Lipinski definition) is 0. The molecule has 0 amide bonds. The molecule has 4 atom stereocenters. The molecule has 1 aliphatic rings. The third kappa shape index (κ3) is 3.46. The van der Waals surface area contributed by atoms with Gasteiger partial charge in [-0.1, -0.05) is 25.8 Å². The molecule has 1 aromatic rings. The summed E-state index contributed by atoms with van der Waals surface area (Å²) in [6.07, 6.45) is -0.279. The Balaban J connectivity index is 2.15. The van der Waals surface area contributed by atoms with Crippen molar-refractivity contribution in [1.82, 2.24) is 4.98 Å². The molecule has 1 nitrogen and oxygen atoms in total. The van der Waals surface area contributed by atoms with E-state index in [0.717, 1.165) is 12.1 Å². The number of hydrogen-bond acceptors (Lipinski definition) is 1. The fourth-order valence-corrected chi connectivity index (χ4v) is 3.56. The van der Waals surface area contributed by atoms with Gasteiger partial charge in [-0.15, -0.1) is 11.6 Å². The highest BCUT2D eigenvalue weighted by Gasteiger charge is 2.48. The van der Waals surface area contributed by atoms with Gasteiger partial charge in [0.25, 0.3) is 0 Å². The molecule has 0 N–H and O–H groups in total. The van der Waals surface area contributed by atoms with Crippen LogP contribution in [-0.4, -0.2) is 16.5 Å². The van der Waals surface area contributed by atoms with Crippen molar-refractivity contribution in [2.45, 2.75) is 50.1 Å². The van der Waals surface area contributed by atoms with Gasteiger partial charge in [-0.2, -0.15) is 13.2 Å². The molecule has 1 aromatic heterocycles. The van der Waals surface area contributed by atoms with Crippen LogP contribution in [0, 0.1) is 11.8 Å². The summed E-state index contributed by atoms with van der Waals surface area (Å²) < 4.78 is 39.4. The number of halogens is 4. The van der Waals surface area contributed by atoms with Gasteiger partial charge in [-0.25, -0.2) is 0 Å². The van der Waals surface area contributed by atoms with Crippen LogP contribution in [0.1, 0.15) is 44.2 Å². The average molecular weight is 306 g/mol. The Morgan fingerprint density at radius 3 is 2.55 bits per heavy atom. The molecule has 20 heavy (non-hydrogen) atoms. The molecular weight excluding hydrogens is 287 g/mol. The van der Waals surface area contributed by atoms with Gasteiger partial charge in [0.1, 0.15) is 0 Å². The molecule has 0 bridgehead atoms. The Bertz CT molecular complexity index is 421. The van der Waals surface area contributed by atoms with E-state index in [4.69, 9.17) is 11.6 Å². The van der Waals surface area contributed by atoms with Crippen molar-refractivity contribution in [1.29, 1.82) is 0 Å². The molecule has 5 heteroatoms. The highest BCUT2D eigenvalue weighted by atomic mass is 35.5. The summed E-state index contributed by atoms with van der Waals surface area (Å²) in [6, 6.07) is 5.45. The smallest absolute Gasteiger partial charge is 0.261 e. The van der Waals surface area contributed by atoms with Gasteiger partial charge in [-0.3, -0.25) is 4.98 Å². The zero-order valence-electron chi connectivity index (χ0n) is 11.4. The second kappa shape index (κ2) is 6.33. The van der Waals surface area contributed by atoms with Gasteiger partial charge >= 0.3 is 6.18 Å². The van der Waals surface area contributed by atoms with E-state index < -0.39 is 23.4 Å². The van der Waals surface area contributed by atoms with Crippen molar-refractivity contribution < 1.29 is 13.2 Å². The van der Waals surface area contributed by atoms with Crippen LogP contribution in [0.3, 0.4) is 0 Å². The fraction of sp³-hybridized carbons (Fsp3) is 0.667. The maximum Gasteiger partial charge on any atom is 0.392 e. The summed E-state index contributed by atoms with van der Waals surface area (Å²) in [5.74, 6) is -1.96. The number of pyridine rings is 1. The van der Waals surface area contributed by atoms with Crippen molar-refractivity contribution in [3.05, 3.63) is 30.1 Å². The van der Waals surface area contributed by atoms with E-state index in [0.29, 0.717) is 12.8 Å². The lowest BCUT2D eigenvalue weighted by Gasteiger charge is -2.37. The summed E-state index contributed by atoms with van der Waals surface area (Å²) in [5.41, 5.74) is 0.763. The van der Waals surface area contributed by atoms with E-state index in [1.165, 1.54) is 0 Å². The average Bonchev–Trinajstić information content (AvgIpc) is 2.46. The van der Waals surface area contributed by atoms with Crippen LogP contribution >= 0.6 is 11.6 Å². The minimum atomic E-state index is -4.15. The highest BCUT2D eigenvalue weighted by Crippen LogP contribution is 2.46. The van der Waals surface area contributed by atoms with Gasteiger partial charge in [0.05, 0.1) is 5.92 Å². The van der Waals surface area contributed by atoms with Gasteiger partial charge in [0.2, 0.25) is 0 Å². The first-order valence-electron chi connectivity index (χ1n) is 7.03. The summed E-state index contributed by atoms with van der Waals surface area (Å²) in [5, 5.41) is -0.531. The Labute approximate surface area is 122 Å². The molecule has 0 radical (unpaired) electrons. The zero-order chi connectivity index (χ0) is 14.8. The first-order valence-corrected chi connectivity index (χ1v) is 7.46. The minimum absolute atomic E-state index is 0.175. The van der Waals surface area contributed by atoms with E-state index in [1.54, 1.807) is 12.3 Å². The monoisotopic (exact) mass is 305 g/mol. The van der Waals surface area contributed by atoms with Crippen LogP contribution in [0.2, 0.25) is 0 Å². The van der Waals surface area contributed by atoms with Crippen LogP contribution in [0.5, 0.6) is 0 Å². The van der Waals surface area contributed by atoms with Crippen molar-refractivity contribution >= 4 is 11.6 Å². The van der Waals surface area contributed by atoms with E-state index in [2.05, 4.69) is 4.98 Å². The quantitative estimate of drug-likeness (QED) is 0.703. The molecule has 1 fully saturated rings. The van der Waals surface area contributed by atoms with Crippen LogP contribution in [0.4, 0.5) is 13.2 Å². The summed E-state index contributed by atoms with van der Waals surface area (Å²) in [6.45, 7) is 1.86. The first kappa shape index (κ1) is 15.6. The Morgan fingerprint density at radius 1 is 1.25 bits per heavy atom. The third-order valence-corrected chi connectivity index (χ3v) is 4.98. The number of rotatable bonds is 3. The van der Waals surface area contributed by atoms with E-state index in [9.17, 15) is 13.2 Å². The lowest BCUT2D eigenvalue weighted by atomic mass is 9.74. The highest BCUT2D eigenvalue weighted by molar-refractivity contribution is 6.21. The summed E-state index contributed by atoms with van der Waals surface area (Å²) in [4.78, 5) is 4.22. The molecule has 2 rings (SSSR count). The van der Waals surface area contributed by atoms with E-state index >= 15 is 0 Å². The predicted octanol–water partition coefficient (Wildman–Crippen LogP) is 5.16. The topological polar surface area (TPSA) is 12.9 Å². The predicted molar refractivity (Wildman–Crippen MR) is 73.8 cm³/mol. The summed E-state index contributed by atoms with van der Waals surface area (Å²) in [7, 11) is 0. The molecule has 1 aliphatic carbocycles. The second-order valence-corrected chi connectivity index (χ2v) is 6.09. The van der Waals surface area contributed by atoms with E-state index in [-0.39, 0.29) is 12.3 Å². The van der Waals surface area contributed by atoms with Gasteiger partial charge in [0.15, 0.2) is 0 Å². The van der Waals surface area contributed by atoms with Crippen LogP contribution in [0.15, 0.2) is 24.4 Å². The standard InChI is InChI=1S/C15H19ClF3N/c1-10(13-8-4-5-9-20-13)14(16)11-6-2-3-7-12(11)15(17,18)19/h4-5,8-12,14H,2-3,6-7H2,1H3. The lowest BCUT2D eigenvalue weighted by Crippen LogP contribution is -2.39. The summed E-state index contributed by atoms with van der Waals surface area (Å²) >= 11 is 6.41. The molecule has 0 saturated heterocycles. The van der Waals surface area contributed by atoms with Gasteiger partial charge < -0.3 is 0 Å².